The largest absolute Gasteiger partial charge is 0.396 e. The first-order chi connectivity index (χ1) is 21.4. The Balaban J connectivity index is 1.43. The zero-order chi connectivity index (χ0) is 31.1. The summed E-state index contributed by atoms with van der Waals surface area (Å²) in [5.74, 6) is -2.43. The van der Waals surface area contributed by atoms with Crippen molar-refractivity contribution in [2.45, 2.75) is 50.9 Å². The van der Waals surface area contributed by atoms with Crippen LogP contribution in [0.5, 0.6) is 0 Å². The first-order valence-electron chi connectivity index (χ1n) is 15.9. The minimum atomic E-state index is -1.33. The molecule has 9 heteroatoms. The van der Waals surface area contributed by atoms with E-state index < -0.39 is 29.1 Å². The van der Waals surface area contributed by atoms with E-state index in [4.69, 9.17) is 4.74 Å². The van der Waals surface area contributed by atoms with E-state index in [0.29, 0.717) is 25.9 Å². The van der Waals surface area contributed by atoms with Crippen molar-refractivity contribution < 1.29 is 24.2 Å². The fraction of sp³-hybridized carbons (Fsp3) is 0.457. The van der Waals surface area contributed by atoms with Crippen molar-refractivity contribution in [3.8, 4) is 0 Å². The highest BCUT2D eigenvalue weighted by Crippen LogP contribution is 2.58. The van der Waals surface area contributed by atoms with Crippen LogP contribution in [0.1, 0.15) is 33.6 Å². The molecule has 9 nitrogen and oxygen atoms in total. The molecule has 1 N–H and O–H groups in total. The number of hydrogen-bond donors (Lipinski definition) is 1. The van der Waals surface area contributed by atoms with Crippen molar-refractivity contribution in [3.63, 3.8) is 0 Å². The number of amides is 3. The van der Waals surface area contributed by atoms with Crippen LogP contribution in [0, 0.1) is 11.8 Å². The van der Waals surface area contributed by atoms with Gasteiger partial charge in [0.15, 0.2) is 0 Å². The lowest BCUT2D eigenvalue weighted by Gasteiger charge is -2.38. The Morgan fingerprint density at radius 1 is 0.818 bits per heavy atom. The van der Waals surface area contributed by atoms with E-state index >= 15 is 0 Å². The third-order valence-corrected chi connectivity index (χ3v) is 9.85. The van der Waals surface area contributed by atoms with Gasteiger partial charge in [0.05, 0.1) is 17.4 Å². The monoisotopic (exact) mass is 598 g/mol. The molecule has 2 aromatic carbocycles. The van der Waals surface area contributed by atoms with Gasteiger partial charge in [-0.2, -0.15) is 0 Å². The highest BCUT2D eigenvalue weighted by Gasteiger charge is 2.75. The van der Waals surface area contributed by atoms with Gasteiger partial charge in [0, 0.05) is 56.4 Å². The zero-order valence-electron chi connectivity index (χ0n) is 25.8. The molecule has 232 valence electrons. The van der Waals surface area contributed by atoms with Gasteiger partial charge in [-0.3, -0.25) is 14.4 Å². The molecular formula is C35H42N4O5. The molecule has 0 aromatic heterocycles. The summed E-state index contributed by atoms with van der Waals surface area (Å²) in [6.45, 7) is 8.68. The van der Waals surface area contributed by atoms with Gasteiger partial charge in [0.25, 0.3) is 5.91 Å². The summed E-state index contributed by atoms with van der Waals surface area (Å²) in [6, 6.07) is 16.4. The van der Waals surface area contributed by atoms with E-state index in [1.807, 2.05) is 85.8 Å². The molecule has 0 radical (unpaired) electrons. The van der Waals surface area contributed by atoms with Crippen molar-refractivity contribution in [2.75, 3.05) is 54.0 Å². The summed E-state index contributed by atoms with van der Waals surface area (Å²) in [6.07, 6.45) is 8.46. The van der Waals surface area contributed by atoms with Crippen LogP contribution in [0.25, 0.3) is 0 Å². The maximum absolute atomic E-state index is 14.7. The summed E-state index contributed by atoms with van der Waals surface area (Å²) < 4.78 is 7.05. The highest BCUT2D eigenvalue weighted by molar-refractivity contribution is 6.07. The first kappa shape index (κ1) is 30.1. The Morgan fingerprint density at radius 3 is 2.09 bits per heavy atom. The summed E-state index contributed by atoms with van der Waals surface area (Å²) >= 11 is 0. The van der Waals surface area contributed by atoms with Crippen LogP contribution in [0.2, 0.25) is 0 Å². The number of hydrogen-bond acceptors (Lipinski definition) is 6. The average molecular weight is 599 g/mol. The van der Waals surface area contributed by atoms with E-state index in [9.17, 15) is 19.5 Å². The molecule has 4 heterocycles. The number of benzene rings is 2. The molecule has 2 aromatic rings. The molecule has 1 spiro atoms. The van der Waals surface area contributed by atoms with E-state index in [0.717, 1.165) is 30.2 Å². The Labute approximate surface area is 259 Å². The van der Waals surface area contributed by atoms with Gasteiger partial charge in [0.1, 0.15) is 11.6 Å². The number of rotatable bonds is 9. The number of nitrogens with zero attached hydrogens (tertiary/aromatic N) is 4. The fourth-order valence-corrected chi connectivity index (χ4v) is 7.75. The lowest BCUT2D eigenvalue weighted by molar-refractivity contribution is -0.145. The molecule has 44 heavy (non-hydrogen) atoms. The number of carbonyl (C=O) groups excluding carboxylic acids is 3. The quantitative estimate of drug-likeness (QED) is 0.442. The second-order valence-electron chi connectivity index (χ2n) is 12.0. The molecule has 5 atom stereocenters. The van der Waals surface area contributed by atoms with Gasteiger partial charge in [0.2, 0.25) is 11.8 Å². The average Bonchev–Trinajstić information content (AvgIpc) is 3.33. The lowest BCUT2D eigenvalue weighted by Crippen LogP contribution is -2.56. The number of para-hydroxylation sites is 1. The van der Waals surface area contributed by atoms with Gasteiger partial charge in [-0.05, 0) is 63.1 Å². The van der Waals surface area contributed by atoms with Crippen LogP contribution in [-0.4, -0.2) is 84.3 Å². The predicted molar refractivity (Wildman–Crippen MR) is 170 cm³/mol. The van der Waals surface area contributed by atoms with Crippen LogP contribution in [-0.2, 0) is 19.1 Å². The molecule has 4 aliphatic heterocycles. The standard InChI is InChI=1S/C35H42N4O5/c1-4-34-19-10-21-37(26-13-8-7-9-14-26)31(41)28(34)29-32(42)39(23-12-24-40)30-33(43)38(22-11-20-35(29,30)44-34)27-17-15-25(16-18-27)36(5-2)6-3/h7-11,13-20,28-30,40H,4-6,12,21-24H2,1-3H3/t28-,29-,30?,34+,35-/m0/s1. The van der Waals surface area contributed by atoms with Crippen LogP contribution in [0.15, 0.2) is 78.9 Å². The van der Waals surface area contributed by atoms with Crippen molar-refractivity contribution in [1.82, 2.24) is 4.90 Å². The molecule has 0 bridgehead atoms. The number of carbonyl (C=O) groups is 3. The molecule has 0 saturated carbocycles. The fourth-order valence-electron chi connectivity index (χ4n) is 7.75. The van der Waals surface area contributed by atoms with Gasteiger partial charge in [-0.15, -0.1) is 0 Å². The van der Waals surface area contributed by atoms with E-state index in [2.05, 4.69) is 18.7 Å². The van der Waals surface area contributed by atoms with E-state index in [-0.39, 0.29) is 30.9 Å². The van der Waals surface area contributed by atoms with Crippen LogP contribution in [0.3, 0.4) is 0 Å². The topological polar surface area (TPSA) is 93.6 Å². The summed E-state index contributed by atoms with van der Waals surface area (Å²) in [5.41, 5.74) is 0.175. The highest BCUT2D eigenvalue weighted by atomic mass is 16.5. The Morgan fingerprint density at radius 2 is 1.45 bits per heavy atom. The number of aliphatic hydroxyl groups is 1. The van der Waals surface area contributed by atoms with Crippen molar-refractivity contribution in [3.05, 3.63) is 78.9 Å². The summed E-state index contributed by atoms with van der Waals surface area (Å²) in [4.78, 5) is 50.9. The molecule has 2 fully saturated rings. The normalized spacial score (nSPS) is 29.4. The second-order valence-corrected chi connectivity index (χ2v) is 12.0. The van der Waals surface area contributed by atoms with Crippen molar-refractivity contribution in [2.24, 2.45) is 11.8 Å². The minimum Gasteiger partial charge on any atom is -0.396 e. The Kier molecular flexibility index (Phi) is 8.11. The molecule has 3 amide bonds. The maximum atomic E-state index is 14.7. The number of anilines is 3. The molecule has 1 unspecified atom stereocenters. The Bertz CT molecular complexity index is 1460. The molecular weight excluding hydrogens is 556 g/mol. The van der Waals surface area contributed by atoms with Gasteiger partial charge >= 0.3 is 0 Å². The minimum absolute atomic E-state index is 0.124. The molecule has 4 aliphatic rings. The maximum Gasteiger partial charge on any atom is 0.253 e. The third kappa shape index (κ3) is 4.56. The third-order valence-electron chi connectivity index (χ3n) is 9.85. The second kappa shape index (κ2) is 11.9. The molecule has 2 saturated heterocycles. The lowest BCUT2D eigenvalue weighted by atomic mass is 9.73. The van der Waals surface area contributed by atoms with Crippen molar-refractivity contribution >= 4 is 34.8 Å². The number of likely N-dealkylation sites (tertiary alicyclic amines) is 1. The van der Waals surface area contributed by atoms with Gasteiger partial charge in [-0.1, -0.05) is 49.4 Å². The van der Waals surface area contributed by atoms with Gasteiger partial charge < -0.3 is 29.4 Å². The van der Waals surface area contributed by atoms with E-state index in [1.54, 1.807) is 14.7 Å². The first-order valence-corrected chi connectivity index (χ1v) is 15.9. The van der Waals surface area contributed by atoms with Crippen LogP contribution in [0.4, 0.5) is 17.1 Å². The molecule has 6 rings (SSSR count). The van der Waals surface area contributed by atoms with Crippen LogP contribution < -0.4 is 14.7 Å². The Hall–Kier alpha value is -3.95. The number of fused-ring (bicyclic) bond motifs is 2. The molecule has 0 aliphatic carbocycles. The number of aliphatic hydroxyl groups excluding tert-OH is 1. The number of ether oxygens (including phenoxy) is 1. The van der Waals surface area contributed by atoms with Gasteiger partial charge in [-0.25, -0.2) is 0 Å². The van der Waals surface area contributed by atoms with Crippen molar-refractivity contribution in [1.29, 1.82) is 0 Å². The zero-order valence-corrected chi connectivity index (χ0v) is 25.8. The van der Waals surface area contributed by atoms with E-state index in [1.165, 1.54) is 0 Å². The predicted octanol–water partition coefficient (Wildman–Crippen LogP) is 3.78. The summed E-state index contributed by atoms with van der Waals surface area (Å²) in [7, 11) is 0. The SMILES string of the molecule is CCN(CC)c1ccc(N2CC=C[C@]34O[C@]5(CC)C=CCN(c6ccccc6)C(=O)[C@@H]5[C@H]3C(=O)N(CCCO)C4C2=O)cc1. The summed E-state index contributed by atoms with van der Waals surface area (Å²) in [5, 5.41) is 9.73. The smallest absolute Gasteiger partial charge is 0.253 e. The van der Waals surface area contributed by atoms with Crippen LogP contribution >= 0.6 is 0 Å².